The van der Waals surface area contributed by atoms with E-state index < -0.39 is 0 Å². The van der Waals surface area contributed by atoms with E-state index in [0.29, 0.717) is 12.1 Å². The summed E-state index contributed by atoms with van der Waals surface area (Å²) < 4.78 is 5.29. The van der Waals surface area contributed by atoms with Gasteiger partial charge in [-0.05, 0) is 39.5 Å². The fourth-order valence-electron chi connectivity index (χ4n) is 2.93. The molecule has 1 saturated heterocycles. The minimum absolute atomic E-state index is 0.664. The lowest BCUT2D eigenvalue weighted by Gasteiger charge is -2.32. The van der Waals surface area contributed by atoms with Gasteiger partial charge < -0.3 is 4.74 Å². The van der Waals surface area contributed by atoms with Crippen molar-refractivity contribution in [2.75, 3.05) is 13.7 Å². The molecule has 1 aliphatic rings. The highest BCUT2D eigenvalue weighted by Gasteiger charge is 2.38. The van der Waals surface area contributed by atoms with Crippen molar-refractivity contribution in [3.63, 3.8) is 0 Å². The first kappa shape index (κ1) is 12.0. The molecule has 0 aromatic carbocycles. The van der Waals surface area contributed by atoms with Crippen LogP contribution in [0.5, 0.6) is 0 Å². The molecule has 1 heterocycles. The number of hydrogen-bond donors (Lipinski definition) is 0. The van der Waals surface area contributed by atoms with Crippen molar-refractivity contribution in [2.45, 2.75) is 58.7 Å². The van der Waals surface area contributed by atoms with Crippen molar-refractivity contribution in [1.82, 2.24) is 4.90 Å². The van der Waals surface area contributed by atoms with Gasteiger partial charge in [-0.25, -0.2) is 0 Å². The van der Waals surface area contributed by atoms with Gasteiger partial charge in [0.05, 0.1) is 6.61 Å². The lowest BCUT2D eigenvalue weighted by atomic mass is 10.0. The first-order chi connectivity index (χ1) is 6.61. The number of rotatable bonds is 4. The predicted molar refractivity (Wildman–Crippen MR) is 60.5 cm³/mol. The monoisotopic (exact) mass is 199 g/mol. The second kappa shape index (κ2) is 5.13. The first-order valence-electron chi connectivity index (χ1n) is 5.88. The van der Waals surface area contributed by atoms with Gasteiger partial charge in [0.15, 0.2) is 0 Å². The summed E-state index contributed by atoms with van der Waals surface area (Å²) in [5.41, 5.74) is 0. The van der Waals surface area contributed by atoms with Crippen molar-refractivity contribution in [1.29, 1.82) is 0 Å². The summed E-state index contributed by atoms with van der Waals surface area (Å²) in [5.74, 6) is 0.729. The quantitative estimate of drug-likeness (QED) is 0.690. The maximum absolute atomic E-state index is 5.29. The number of likely N-dealkylation sites (tertiary alicyclic amines) is 1. The molecule has 0 radical (unpaired) electrons. The average molecular weight is 199 g/mol. The molecule has 0 saturated carbocycles. The minimum Gasteiger partial charge on any atom is -0.384 e. The first-order valence-corrected chi connectivity index (χ1v) is 5.88. The molecule has 2 nitrogen and oxygen atoms in total. The van der Waals surface area contributed by atoms with Gasteiger partial charge >= 0.3 is 0 Å². The molecule has 1 fully saturated rings. The molecule has 0 spiro atoms. The van der Waals surface area contributed by atoms with Gasteiger partial charge in [-0.3, -0.25) is 4.90 Å². The van der Waals surface area contributed by atoms with Crippen LogP contribution in [0.15, 0.2) is 0 Å². The van der Waals surface area contributed by atoms with E-state index in [1.165, 1.54) is 12.8 Å². The van der Waals surface area contributed by atoms with Gasteiger partial charge in [0.25, 0.3) is 0 Å². The molecule has 1 rings (SSSR count). The smallest absolute Gasteiger partial charge is 0.0505 e. The van der Waals surface area contributed by atoms with Crippen LogP contribution >= 0.6 is 0 Å². The number of nitrogens with zero attached hydrogens (tertiary/aromatic N) is 1. The van der Waals surface area contributed by atoms with E-state index in [1.54, 1.807) is 0 Å². The highest BCUT2D eigenvalue weighted by Crippen LogP contribution is 2.33. The highest BCUT2D eigenvalue weighted by atomic mass is 16.5. The van der Waals surface area contributed by atoms with E-state index in [0.717, 1.165) is 18.6 Å². The largest absolute Gasteiger partial charge is 0.384 e. The maximum atomic E-state index is 5.29. The van der Waals surface area contributed by atoms with Gasteiger partial charge in [-0.1, -0.05) is 6.92 Å². The summed E-state index contributed by atoms with van der Waals surface area (Å²) in [5, 5.41) is 0. The Labute approximate surface area is 88.6 Å². The molecule has 0 aliphatic carbocycles. The van der Waals surface area contributed by atoms with Crippen LogP contribution in [-0.4, -0.2) is 36.7 Å². The zero-order chi connectivity index (χ0) is 10.7. The van der Waals surface area contributed by atoms with E-state index >= 15 is 0 Å². The Morgan fingerprint density at radius 3 is 2.43 bits per heavy atom. The van der Waals surface area contributed by atoms with E-state index in [4.69, 9.17) is 4.74 Å². The Morgan fingerprint density at radius 2 is 2.07 bits per heavy atom. The van der Waals surface area contributed by atoms with E-state index in [9.17, 15) is 0 Å². The second-order valence-corrected chi connectivity index (χ2v) is 4.79. The highest BCUT2D eigenvalue weighted by molar-refractivity contribution is 4.92. The third-order valence-electron chi connectivity index (χ3n) is 3.60. The zero-order valence-electron chi connectivity index (χ0n) is 10.3. The summed E-state index contributed by atoms with van der Waals surface area (Å²) >= 11 is 0. The molecule has 2 heteroatoms. The number of ether oxygens (including phenoxy) is 1. The van der Waals surface area contributed by atoms with Crippen molar-refractivity contribution in [2.24, 2.45) is 5.92 Å². The molecular weight excluding hydrogens is 174 g/mol. The van der Waals surface area contributed by atoms with Crippen LogP contribution in [0.25, 0.3) is 0 Å². The van der Waals surface area contributed by atoms with Crippen LogP contribution in [0, 0.1) is 5.92 Å². The van der Waals surface area contributed by atoms with E-state index in [2.05, 4.69) is 32.6 Å². The van der Waals surface area contributed by atoms with Gasteiger partial charge in [-0.2, -0.15) is 0 Å². The van der Waals surface area contributed by atoms with Crippen LogP contribution in [0.4, 0.5) is 0 Å². The standard InChI is InChI=1S/C12H25NO/c1-6-12-7-11(8-14-5)10(4)13(12)9(2)3/h9-12H,6-8H2,1-5H3/t10?,11?,12-/m1/s1. The molecule has 0 aromatic rings. The van der Waals surface area contributed by atoms with Crippen molar-refractivity contribution < 1.29 is 4.74 Å². The Hall–Kier alpha value is -0.0800. The van der Waals surface area contributed by atoms with Crippen LogP contribution in [0.3, 0.4) is 0 Å². The second-order valence-electron chi connectivity index (χ2n) is 4.79. The van der Waals surface area contributed by atoms with Crippen molar-refractivity contribution in [3.8, 4) is 0 Å². The van der Waals surface area contributed by atoms with Crippen LogP contribution in [0.1, 0.15) is 40.5 Å². The minimum atomic E-state index is 0.664. The van der Waals surface area contributed by atoms with Gasteiger partial charge in [0.2, 0.25) is 0 Å². The third-order valence-corrected chi connectivity index (χ3v) is 3.60. The Morgan fingerprint density at radius 1 is 1.43 bits per heavy atom. The summed E-state index contributed by atoms with van der Waals surface area (Å²) in [6, 6.07) is 2.11. The van der Waals surface area contributed by atoms with Crippen LogP contribution in [-0.2, 0) is 4.74 Å². The normalized spacial score (nSPS) is 34.3. The van der Waals surface area contributed by atoms with Crippen molar-refractivity contribution >= 4 is 0 Å². The van der Waals surface area contributed by atoms with Gasteiger partial charge in [0.1, 0.15) is 0 Å². The topological polar surface area (TPSA) is 12.5 Å². The molecule has 84 valence electrons. The molecule has 0 N–H and O–H groups in total. The van der Waals surface area contributed by atoms with Gasteiger partial charge in [-0.15, -0.1) is 0 Å². The lowest BCUT2D eigenvalue weighted by molar-refractivity contribution is 0.109. The molecule has 3 atom stereocenters. The Bertz CT molecular complexity index is 170. The molecule has 0 aromatic heterocycles. The van der Waals surface area contributed by atoms with Crippen molar-refractivity contribution in [3.05, 3.63) is 0 Å². The van der Waals surface area contributed by atoms with E-state index in [1.807, 2.05) is 7.11 Å². The third kappa shape index (κ3) is 2.29. The fraction of sp³-hybridized carbons (Fsp3) is 1.00. The number of hydrogen-bond acceptors (Lipinski definition) is 2. The SMILES string of the molecule is CC[C@@H]1CC(COC)C(C)N1C(C)C. The summed E-state index contributed by atoms with van der Waals surface area (Å²) in [6.07, 6.45) is 2.58. The summed E-state index contributed by atoms with van der Waals surface area (Å²) in [7, 11) is 1.81. The Balaban J connectivity index is 2.64. The van der Waals surface area contributed by atoms with Gasteiger partial charge in [0, 0.05) is 25.2 Å². The van der Waals surface area contributed by atoms with Crippen LogP contribution < -0.4 is 0 Å². The lowest BCUT2D eigenvalue weighted by Crippen LogP contribution is -2.41. The molecular formula is C12H25NO. The molecule has 2 unspecified atom stereocenters. The molecule has 14 heavy (non-hydrogen) atoms. The Kier molecular flexibility index (Phi) is 4.39. The zero-order valence-corrected chi connectivity index (χ0v) is 10.3. The summed E-state index contributed by atoms with van der Waals surface area (Å²) in [4.78, 5) is 2.66. The fourth-order valence-corrected chi connectivity index (χ4v) is 2.93. The van der Waals surface area contributed by atoms with E-state index in [-0.39, 0.29) is 0 Å². The maximum Gasteiger partial charge on any atom is 0.0505 e. The predicted octanol–water partition coefficient (Wildman–Crippen LogP) is 2.53. The summed E-state index contributed by atoms with van der Waals surface area (Å²) in [6.45, 7) is 10.2. The molecule has 1 aliphatic heterocycles. The molecule has 0 amide bonds. The average Bonchev–Trinajstić information content (AvgIpc) is 2.44. The molecule has 0 bridgehead atoms. The number of methoxy groups -OCH3 is 1. The van der Waals surface area contributed by atoms with Crippen LogP contribution in [0.2, 0.25) is 0 Å².